The van der Waals surface area contributed by atoms with Gasteiger partial charge in [-0.25, -0.2) is 0 Å². The van der Waals surface area contributed by atoms with E-state index in [-0.39, 0.29) is 12.1 Å². The van der Waals surface area contributed by atoms with Gasteiger partial charge in [0.1, 0.15) is 12.3 Å². The molecule has 1 aromatic carbocycles. The number of ketones is 1. The summed E-state index contributed by atoms with van der Waals surface area (Å²) in [4.78, 5) is 36.7. The Morgan fingerprint density at radius 1 is 1.29 bits per heavy atom. The largest absolute Gasteiger partial charge is 0.497 e. The fraction of sp³-hybridized carbons (Fsp3) is 0.400. The van der Waals surface area contributed by atoms with Crippen LogP contribution in [-0.2, 0) is 14.3 Å². The Kier molecular flexibility index (Phi) is 4.57. The lowest BCUT2D eigenvalue weighted by Gasteiger charge is -2.16. The van der Waals surface area contributed by atoms with Crippen molar-refractivity contribution in [1.82, 2.24) is 0 Å². The Bertz CT molecular complexity index is 581. The molecule has 1 aliphatic rings. The first kappa shape index (κ1) is 15.0. The van der Waals surface area contributed by atoms with Gasteiger partial charge in [-0.05, 0) is 18.6 Å². The summed E-state index contributed by atoms with van der Waals surface area (Å²) in [6.45, 7) is 2.03. The number of esters is 1. The van der Waals surface area contributed by atoms with Crippen molar-refractivity contribution in [3.05, 3.63) is 23.8 Å². The van der Waals surface area contributed by atoms with Crippen molar-refractivity contribution >= 4 is 23.3 Å². The molecule has 0 atom stereocenters. The normalized spacial score (nSPS) is 13.3. The van der Waals surface area contributed by atoms with E-state index in [2.05, 4.69) is 0 Å². The second-order valence-electron chi connectivity index (χ2n) is 4.68. The van der Waals surface area contributed by atoms with Crippen LogP contribution in [0.3, 0.4) is 0 Å². The van der Waals surface area contributed by atoms with Gasteiger partial charge in [0.2, 0.25) is 0 Å². The zero-order chi connectivity index (χ0) is 15.4. The number of nitrogens with zero attached hydrogens (tertiary/aromatic N) is 1. The zero-order valence-electron chi connectivity index (χ0n) is 12.0. The van der Waals surface area contributed by atoms with E-state index in [1.165, 1.54) is 13.2 Å². The number of benzene rings is 1. The van der Waals surface area contributed by atoms with Gasteiger partial charge in [-0.15, -0.1) is 0 Å². The number of methoxy groups -OCH3 is 1. The smallest absolute Gasteiger partial charge is 0.326 e. The van der Waals surface area contributed by atoms with Crippen molar-refractivity contribution in [1.29, 1.82) is 0 Å². The Hall–Kier alpha value is -2.37. The van der Waals surface area contributed by atoms with Crippen LogP contribution in [0.5, 0.6) is 5.75 Å². The molecule has 0 radical (unpaired) electrons. The molecule has 0 bridgehead atoms. The number of carbonyl (C=O) groups is 3. The fourth-order valence-corrected chi connectivity index (χ4v) is 2.06. The quantitative estimate of drug-likeness (QED) is 0.452. The first-order valence-electron chi connectivity index (χ1n) is 6.78. The number of rotatable bonds is 6. The molecule has 21 heavy (non-hydrogen) atoms. The van der Waals surface area contributed by atoms with E-state index >= 15 is 0 Å². The molecular weight excluding hydrogens is 274 g/mol. The molecule has 1 heterocycles. The highest BCUT2D eigenvalue weighted by atomic mass is 16.5. The molecule has 0 saturated carbocycles. The standard InChI is InChI=1S/C15H17NO5/c1-3-4-7-21-13(17)9-16-12-8-10(20-2)5-6-11(12)14(18)15(16)19/h5-6,8H,3-4,7,9H2,1-2H3. The van der Waals surface area contributed by atoms with Crippen LogP contribution in [-0.4, -0.2) is 37.9 Å². The third-order valence-corrected chi connectivity index (χ3v) is 3.23. The maximum Gasteiger partial charge on any atom is 0.326 e. The molecule has 6 nitrogen and oxygen atoms in total. The van der Waals surface area contributed by atoms with E-state index in [0.29, 0.717) is 18.0 Å². The van der Waals surface area contributed by atoms with Gasteiger partial charge in [0.25, 0.3) is 11.7 Å². The van der Waals surface area contributed by atoms with Crippen LogP contribution in [0.15, 0.2) is 18.2 Å². The molecule has 0 aromatic heterocycles. The molecule has 0 saturated heterocycles. The van der Waals surface area contributed by atoms with E-state index in [9.17, 15) is 14.4 Å². The topological polar surface area (TPSA) is 72.9 Å². The summed E-state index contributed by atoms with van der Waals surface area (Å²) in [5.74, 6) is -1.35. The van der Waals surface area contributed by atoms with E-state index < -0.39 is 17.7 Å². The van der Waals surface area contributed by atoms with Gasteiger partial charge < -0.3 is 9.47 Å². The van der Waals surface area contributed by atoms with E-state index in [0.717, 1.165) is 17.7 Å². The van der Waals surface area contributed by atoms with Crippen LogP contribution in [0.2, 0.25) is 0 Å². The molecular formula is C15H17NO5. The Morgan fingerprint density at radius 2 is 2.05 bits per heavy atom. The molecule has 1 amide bonds. The number of carbonyl (C=O) groups excluding carboxylic acids is 3. The highest BCUT2D eigenvalue weighted by molar-refractivity contribution is 6.52. The predicted molar refractivity (Wildman–Crippen MR) is 75.5 cm³/mol. The molecule has 0 aliphatic carbocycles. The SMILES string of the molecule is CCCCOC(=O)CN1C(=O)C(=O)c2ccc(OC)cc21. The van der Waals surface area contributed by atoms with E-state index in [4.69, 9.17) is 9.47 Å². The van der Waals surface area contributed by atoms with Gasteiger partial charge in [-0.1, -0.05) is 13.3 Å². The molecule has 1 aromatic rings. The van der Waals surface area contributed by atoms with Gasteiger partial charge in [0.05, 0.1) is 25.0 Å². The van der Waals surface area contributed by atoms with Crippen LogP contribution >= 0.6 is 0 Å². The number of ether oxygens (including phenoxy) is 2. The first-order chi connectivity index (χ1) is 10.1. The second kappa shape index (κ2) is 6.39. The van der Waals surface area contributed by atoms with E-state index in [1.54, 1.807) is 12.1 Å². The fourth-order valence-electron chi connectivity index (χ4n) is 2.06. The van der Waals surface area contributed by atoms with Crippen molar-refractivity contribution in [2.75, 3.05) is 25.2 Å². The molecule has 0 spiro atoms. The second-order valence-corrected chi connectivity index (χ2v) is 4.68. The highest BCUT2D eigenvalue weighted by Crippen LogP contribution is 2.32. The summed E-state index contributed by atoms with van der Waals surface area (Å²) in [6.07, 6.45) is 1.68. The minimum Gasteiger partial charge on any atom is -0.497 e. The number of amides is 1. The lowest BCUT2D eigenvalue weighted by atomic mass is 10.1. The van der Waals surface area contributed by atoms with Crippen molar-refractivity contribution < 1.29 is 23.9 Å². The van der Waals surface area contributed by atoms with Crippen molar-refractivity contribution in [3.63, 3.8) is 0 Å². The summed E-state index contributed by atoms with van der Waals surface area (Å²) in [5, 5.41) is 0. The van der Waals surface area contributed by atoms with Crippen LogP contribution in [0.1, 0.15) is 30.1 Å². The van der Waals surface area contributed by atoms with Crippen molar-refractivity contribution in [3.8, 4) is 5.75 Å². The number of hydrogen-bond donors (Lipinski definition) is 0. The number of unbranched alkanes of at least 4 members (excludes halogenated alkanes) is 1. The minimum absolute atomic E-state index is 0.269. The highest BCUT2D eigenvalue weighted by Gasteiger charge is 2.37. The number of hydrogen-bond acceptors (Lipinski definition) is 5. The average molecular weight is 291 g/mol. The average Bonchev–Trinajstić information content (AvgIpc) is 2.72. The summed E-state index contributed by atoms with van der Waals surface area (Å²) >= 11 is 0. The molecule has 112 valence electrons. The lowest BCUT2D eigenvalue weighted by molar-refractivity contribution is -0.142. The van der Waals surface area contributed by atoms with Crippen LogP contribution in [0.25, 0.3) is 0 Å². The van der Waals surface area contributed by atoms with Gasteiger partial charge in [0, 0.05) is 6.07 Å². The lowest BCUT2D eigenvalue weighted by Crippen LogP contribution is -2.35. The monoisotopic (exact) mass is 291 g/mol. The molecule has 0 fully saturated rings. The van der Waals surface area contributed by atoms with E-state index in [1.807, 2.05) is 6.92 Å². The van der Waals surface area contributed by atoms with Crippen LogP contribution in [0, 0.1) is 0 Å². The Labute approximate surface area is 122 Å². The van der Waals surface area contributed by atoms with Gasteiger partial charge >= 0.3 is 5.97 Å². The molecule has 0 unspecified atom stereocenters. The predicted octanol–water partition coefficient (Wildman–Crippen LogP) is 1.57. The molecule has 0 N–H and O–H groups in total. The third kappa shape index (κ3) is 3.04. The first-order valence-corrected chi connectivity index (χ1v) is 6.78. The third-order valence-electron chi connectivity index (χ3n) is 3.23. The van der Waals surface area contributed by atoms with Gasteiger partial charge in [0.15, 0.2) is 0 Å². The number of fused-ring (bicyclic) bond motifs is 1. The minimum atomic E-state index is -0.717. The summed E-state index contributed by atoms with van der Waals surface area (Å²) in [6, 6.07) is 4.70. The van der Waals surface area contributed by atoms with Crippen LogP contribution < -0.4 is 9.64 Å². The molecule has 2 rings (SSSR count). The van der Waals surface area contributed by atoms with Gasteiger partial charge in [-0.3, -0.25) is 19.3 Å². The summed E-state index contributed by atoms with van der Waals surface area (Å²) in [5.41, 5.74) is 0.666. The van der Waals surface area contributed by atoms with Crippen molar-refractivity contribution in [2.45, 2.75) is 19.8 Å². The number of anilines is 1. The molecule has 6 heteroatoms. The Morgan fingerprint density at radius 3 is 2.71 bits per heavy atom. The summed E-state index contributed by atoms with van der Waals surface area (Å²) in [7, 11) is 1.49. The Balaban J connectivity index is 2.16. The molecule has 1 aliphatic heterocycles. The maximum atomic E-state index is 12.0. The van der Waals surface area contributed by atoms with Crippen molar-refractivity contribution in [2.24, 2.45) is 0 Å². The zero-order valence-corrected chi connectivity index (χ0v) is 12.0. The summed E-state index contributed by atoms with van der Waals surface area (Å²) < 4.78 is 10.1. The van der Waals surface area contributed by atoms with Gasteiger partial charge in [-0.2, -0.15) is 0 Å². The number of Topliss-reactive ketones (excluding diaryl/α,β-unsaturated/α-hetero) is 1. The maximum absolute atomic E-state index is 12.0. The van der Waals surface area contributed by atoms with Crippen LogP contribution in [0.4, 0.5) is 5.69 Å².